The maximum absolute atomic E-state index is 14.0. The van der Waals surface area contributed by atoms with Crippen molar-refractivity contribution in [3.63, 3.8) is 0 Å². The summed E-state index contributed by atoms with van der Waals surface area (Å²) >= 11 is 0. The van der Waals surface area contributed by atoms with Gasteiger partial charge in [0.25, 0.3) is 0 Å². The van der Waals surface area contributed by atoms with Crippen molar-refractivity contribution >= 4 is 21.8 Å². The second-order valence-corrected chi connectivity index (χ2v) is 10.2. The van der Waals surface area contributed by atoms with Crippen molar-refractivity contribution in [2.24, 2.45) is 0 Å². The molecule has 0 unspecified atom stereocenters. The zero-order chi connectivity index (χ0) is 25.0. The zero-order valence-corrected chi connectivity index (χ0v) is 20.4. The first-order chi connectivity index (χ1) is 16.8. The number of Topliss-reactive ketones (excluding diaryl/α,β-unsaturated/α-hetero) is 1. The van der Waals surface area contributed by atoms with E-state index in [1.807, 2.05) is 19.1 Å². The summed E-state index contributed by atoms with van der Waals surface area (Å²) in [5.41, 5.74) is 2.23. The van der Waals surface area contributed by atoms with Crippen molar-refractivity contribution < 1.29 is 22.7 Å². The van der Waals surface area contributed by atoms with Crippen LogP contribution >= 0.6 is 0 Å². The average Bonchev–Trinajstić information content (AvgIpc) is 3.25. The Labute approximate surface area is 205 Å². The van der Waals surface area contributed by atoms with Crippen LogP contribution in [0.5, 0.6) is 0 Å². The van der Waals surface area contributed by atoms with Crippen molar-refractivity contribution in [2.45, 2.75) is 37.2 Å². The van der Waals surface area contributed by atoms with Crippen LogP contribution in [0.1, 0.15) is 40.9 Å². The first-order valence-corrected chi connectivity index (χ1v) is 12.9. The summed E-state index contributed by atoms with van der Waals surface area (Å²) in [4.78, 5) is 26.2. The minimum Gasteiger partial charge on any atom is -0.463 e. The lowest BCUT2D eigenvalue weighted by atomic mass is 10.0. The molecule has 7 heteroatoms. The number of hydrogen-bond acceptors (Lipinski definition) is 5. The van der Waals surface area contributed by atoms with Crippen LogP contribution in [-0.4, -0.2) is 37.1 Å². The second-order valence-electron chi connectivity index (χ2n) is 8.36. The molecular formula is C28H27NO5S. The molecule has 180 valence electrons. The van der Waals surface area contributed by atoms with Crippen molar-refractivity contribution in [3.05, 3.63) is 113 Å². The van der Waals surface area contributed by atoms with Gasteiger partial charge < -0.3 is 4.74 Å². The van der Waals surface area contributed by atoms with Crippen LogP contribution in [-0.2, 0) is 19.6 Å². The first-order valence-electron chi connectivity index (χ1n) is 11.4. The third-order valence-electron chi connectivity index (χ3n) is 5.96. The Hall–Kier alpha value is -3.55. The van der Waals surface area contributed by atoms with E-state index >= 15 is 0 Å². The van der Waals surface area contributed by atoms with Crippen molar-refractivity contribution in [3.8, 4) is 0 Å². The molecule has 0 saturated carbocycles. The molecule has 1 aliphatic heterocycles. The second kappa shape index (κ2) is 10.4. The number of hydrogen-bond donors (Lipinski definition) is 0. The minimum absolute atomic E-state index is 0.0969. The molecule has 1 aliphatic rings. The van der Waals surface area contributed by atoms with Gasteiger partial charge in [-0.25, -0.2) is 13.2 Å². The summed E-state index contributed by atoms with van der Waals surface area (Å²) in [6.07, 6.45) is 1.46. The van der Waals surface area contributed by atoms with Crippen LogP contribution in [0.4, 0.5) is 0 Å². The normalized spacial score (nSPS) is 18.2. The highest BCUT2D eigenvalue weighted by atomic mass is 32.2. The number of sulfonamides is 1. The Morgan fingerprint density at radius 3 is 2.09 bits per heavy atom. The van der Waals surface area contributed by atoms with Crippen molar-refractivity contribution in [1.82, 2.24) is 4.31 Å². The molecule has 0 amide bonds. The number of aryl methyl sites for hydroxylation is 1. The molecule has 0 N–H and O–H groups in total. The molecule has 3 aromatic carbocycles. The number of carbonyl (C=O) groups excluding carboxylic acids is 2. The van der Waals surface area contributed by atoms with Gasteiger partial charge in [0.2, 0.25) is 10.0 Å². The number of ether oxygens (including phenoxy) is 1. The Morgan fingerprint density at radius 1 is 0.886 bits per heavy atom. The van der Waals surface area contributed by atoms with Crippen LogP contribution in [0.2, 0.25) is 0 Å². The lowest BCUT2D eigenvalue weighted by Crippen LogP contribution is -2.40. The maximum atomic E-state index is 14.0. The lowest BCUT2D eigenvalue weighted by molar-refractivity contribution is -0.138. The summed E-state index contributed by atoms with van der Waals surface area (Å²) in [6, 6.07) is 22.4. The quantitative estimate of drug-likeness (QED) is 0.333. The monoisotopic (exact) mass is 489 g/mol. The number of nitrogens with zero attached hydrogens (tertiary/aromatic N) is 1. The standard InChI is InChI=1S/C28H27NO5S/c1-3-34-28(31)25-18-23(19-26(30)21-10-6-4-7-11-21)29(27(25)22-12-8-5-9-13-22)35(32,33)24-16-14-20(2)15-17-24/h4-18,23,27H,3,19H2,1-2H3/t23-,27-/m0/s1. The zero-order valence-electron chi connectivity index (χ0n) is 19.6. The predicted octanol–water partition coefficient (Wildman–Crippen LogP) is 4.87. The number of benzene rings is 3. The number of rotatable bonds is 8. The molecule has 2 atom stereocenters. The van der Waals surface area contributed by atoms with Gasteiger partial charge in [0.1, 0.15) is 0 Å². The Bertz CT molecular complexity index is 1330. The highest BCUT2D eigenvalue weighted by Gasteiger charge is 2.46. The van der Waals surface area contributed by atoms with Crippen LogP contribution in [0.15, 0.2) is 101 Å². The van der Waals surface area contributed by atoms with E-state index in [1.54, 1.807) is 85.8 Å². The smallest absolute Gasteiger partial charge is 0.335 e. The number of carbonyl (C=O) groups is 2. The molecule has 0 saturated heterocycles. The fourth-order valence-corrected chi connectivity index (χ4v) is 6.01. The molecule has 0 fully saturated rings. The highest BCUT2D eigenvalue weighted by molar-refractivity contribution is 7.89. The van der Waals surface area contributed by atoms with Gasteiger partial charge in [0, 0.05) is 12.0 Å². The maximum Gasteiger partial charge on any atom is 0.335 e. The van der Waals surface area contributed by atoms with Crippen LogP contribution in [0, 0.1) is 6.92 Å². The third kappa shape index (κ3) is 5.11. The van der Waals surface area contributed by atoms with Gasteiger partial charge in [-0.1, -0.05) is 84.4 Å². The van der Waals surface area contributed by atoms with Crippen molar-refractivity contribution in [1.29, 1.82) is 0 Å². The summed E-state index contributed by atoms with van der Waals surface area (Å²) in [5, 5.41) is 0. The van der Waals surface area contributed by atoms with Crippen LogP contribution in [0.25, 0.3) is 0 Å². The van der Waals surface area contributed by atoms with Gasteiger partial charge in [-0.15, -0.1) is 0 Å². The highest BCUT2D eigenvalue weighted by Crippen LogP contribution is 2.42. The third-order valence-corrected chi connectivity index (χ3v) is 7.87. The first kappa shape index (κ1) is 24.6. The summed E-state index contributed by atoms with van der Waals surface area (Å²) < 4.78 is 34.6. The Balaban J connectivity index is 1.84. The summed E-state index contributed by atoms with van der Waals surface area (Å²) in [5.74, 6) is -0.812. The van der Waals surface area contributed by atoms with E-state index in [9.17, 15) is 18.0 Å². The van der Waals surface area contributed by atoms with Crippen LogP contribution in [0.3, 0.4) is 0 Å². The van der Waals surface area contributed by atoms with Gasteiger partial charge in [-0.3, -0.25) is 4.79 Å². The molecule has 0 spiro atoms. The summed E-state index contributed by atoms with van der Waals surface area (Å²) in [6.45, 7) is 3.72. The van der Waals surface area contributed by atoms with E-state index in [2.05, 4.69) is 0 Å². The SMILES string of the molecule is CCOC(=O)C1=C[C@@H](CC(=O)c2ccccc2)N(S(=O)(=O)c2ccc(C)cc2)[C@H]1c1ccccc1. The topological polar surface area (TPSA) is 80.8 Å². The Kier molecular flexibility index (Phi) is 7.28. The molecule has 0 aliphatic carbocycles. The van der Waals surface area contributed by atoms with Gasteiger partial charge in [0.15, 0.2) is 5.78 Å². The molecule has 0 aromatic heterocycles. The van der Waals surface area contributed by atoms with Gasteiger partial charge in [0.05, 0.1) is 29.2 Å². The molecule has 4 rings (SSSR count). The number of ketones is 1. The van der Waals surface area contributed by atoms with E-state index in [0.717, 1.165) is 5.56 Å². The van der Waals surface area contributed by atoms with Gasteiger partial charge >= 0.3 is 5.97 Å². The molecular weight excluding hydrogens is 462 g/mol. The Morgan fingerprint density at radius 2 is 1.49 bits per heavy atom. The van der Waals surface area contributed by atoms with Gasteiger partial charge in [-0.05, 0) is 31.5 Å². The van der Waals surface area contributed by atoms with E-state index in [-0.39, 0.29) is 29.3 Å². The van der Waals surface area contributed by atoms with Crippen LogP contribution < -0.4 is 0 Å². The minimum atomic E-state index is -4.09. The largest absolute Gasteiger partial charge is 0.463 e. The molecule has 35 heavy (non-hydrogen) atoms. The lowest BCUT2D eigenvalue weighted by Gasteiger charge is -2.31. The van der Waals surface area contributed by atoms with E-state index < -0.39 is 28.1 Å². The van der Waals surface area contributed by atoms with Gasteiger partial charge in [-0.2, -0.15) is 4.31 Å². The molecule has 6 nitrogen and oxygen atoms in total. The predicted molar refractivity (Wildman–Crippen MR) is 133 cm³/mol. The number of esters is 1. The van der Waals surface area contributed by atoms with E-state index in [0.29, 0.717) is 11.1 Å². The molecule has 0 radical (unpaired) electrons. The average molecular weight is 490 g/mol. The van der Waals surface area contributed by atoms with E-state index in [4.69, 9.17) is 4.74 Å². The molecule has 1 heterocycles. The fourth-order valence-electron chi connectivity index (χ4n) is 4.29. The summed E-state index contributed by atoms with van der Waals surface area (Å²) in [7, 11) is -4.09. The molecule has 0 bridgehead atoms. The molecule has 3 aromatic rings. The van der Waals surface area contributed by atoms with Crippen molar-refractivity contribution in [2.75, 3.05) is 6.61 Å². The van der Waals surface area contributed by atoms with E-state index in [1.165, 1.54) is 4.31 Å². The fraction of sp³-hybridized carbons (Fsp3) is 0.214.